The molecule has 0 spiro atoms. The van der Waals surface area contributed by atoms with E-state index in [4.69, 9.17) is 0 Å². The van der Waals surface area contributed by atoms with E-state index in [1.165, 1.54) is 87.3 Å². The predicted octanol–water partition coefficient (Wildman–Crippen LogP) is 11.3. The van der Waals surface area contributed by atoms with Crippen molar-refractivity contribution in [3.8, 4) is 11.4 Å². The number of rotatable bonds is 2. The lowest BCUT2D eigenvalue weighted by atomic mass is 9.90. The fourth-order valence-electron chi connectivity index (χ4n) is 7.79. The first-order valence-corrected chi connectivity index (χ1v) is 15.2. The van der Waals surface area contributed by atoms with Crippen molar-refractivity contribution in [3.05, 3.63) is 158 Å². The Morgan fingerprint density at radius 3 is 0.932 bits per heavy atom. The summed E-state index contributed by atoms with van der Waals surface area (Å²) in [6.07, 6.45) is 0. The Bertz CT molecular complexity index is 2550. The van der Waals surface area contributed by atoms with Gasteiger partial charge in [-0.15, -0.1) is 0 Å². The van der Waals surface area contributed by atoms with E-state index in [-0.39, 0.29) is 0 Å². The molecule has 0 fully saturated rings. The SMILES string of the molecule is c1ccc(-n2c3ccccc3c3c4ccccc4c4c(c5ccccc5c5c6ccccc6n(-c6ccccc6)c54)c32)cc1. The van der Waals surface area contributed by atoms with Crippen LogP contribution in [0.4, 0.5) is 0 Å². The van der Waals surface area contributed by atoms with Crippen LogP contribution in [0.2, 0.25) is 0 Å². The van der Waals surface area contributed by atoms with Crippen LogP contribution in [0.15, 0.2) is 158 Å². The Hall–Kier alpha value is -5.86. The standard InChI is InChI=1S/C42H26N2/c1-3-15-27(16-4-1)43-35-25-13-11-23-33(35)37-29-19-7-10-22-32(29)40-39(41(37)43)31-21-9-8-20-30(31)38-34-24-12-14-26-36(34)44(42(38)40)28-17-5-2-6-18-28/h1-26H. The maximum atomic E-state index is 2.49. The summed E-state index contributed by atoms with van der Waals surface area (Å²) in [6.45, 7) is 0. The number of hydrogen-bond acceptors (Lipinski definition) is 0. The van der Waals surface area contributed by atoms with Crippen LogP contribution in [0.1, 0.15) is 0 Å². The fourth-order valence-corrected chi connectivity index (χ4v) is 7.79. The monoisotopic (exact) mass is 558 g/mol. The maximum Gasteiger partial charge on any atom is 0.0633 e. The number of nitrogens with zero attached hydrogens (tertiary/aromatic N) is 2. The molecule has 44 heavy (non-hydrogen) atoms. The second-order valence-corrected chi connectivity index (χ2v) is 11.7. The van der Waals surface area contributed by atoms with Crippen molar-refractivity contribution in [1.82, 2.24) is 9.13 Å². The molecule has 0 amide bonds. The lowest BCUT2D eigenvalue weighted by molar-refractivity contribution is 1.18. The number of aromatic nitrogens is 2. The second kappa shape index (κ2) is 8.82. The maximum absolute atomic E-state index is 2.49. The van der Waals surface area contributed by atoms with Gasteiger partial charge in [-0.05, 0) is 57.9 Å². The minimum Gasteiger partial charge on any atom is -0.309 e. The van der Waals surface area contributed by atoms with E-state index in [2.05, 4.69) is 167 Å². The van der Waals surface area contributed by atoms with Gasteiger partial charge >= 0.3 is 0 Å². The van der Waals surface area contributed by atoms with Gasteiger partial charge in [0.15, 0.2) is 0 Å². The summed E-state index contributed by atoms with van der Waals surface area (Å²) in [5, 5.41) is 12.9. The van der Waals surface area contributed by atoms with E-state index >= 15 is 0 Å². The van der Waals surface area contributed by atoms with Gasteiger partial charge < -0.3 is 9.13 Å². The Morgan fingerprint density at radius 1 is 0.250 bits per heavy atom. The Kier molecular flexibility index (Phi) is 4.75. The molecule has 0 radical (unpaired) electrons. The molecule has 0 atom stereocenters. The van der Waals surface area contributed by atoms with E-state index in [1.54, 1.807) is 0 Å². The van der Waals surface area contributed by atoms with Crippen LogP contribution in [0.3, 0.4) is 0 Å². The summed E-state index contributed by atoms with van der Waals surface area (Å²) >= 11 is 0. The van der Waals surface area contributed by atoms with Crippen LogP contribution in [-0.2, 0) is 0 Å². The quantitative estimate of drug-likeness (QED) is 0.187. The topological polar surface area (TPSA) is 9.86 Å². The average molecular weight is 559 g/mol. The molecule has 0 aliphatic rings. The highest BCUT2D eigenvalue weighted by Crippen LogP contribution is 2.49. The minimum absolute atomic E-state index is 1.17. The zero-order valence-corrected chi connectivity index (χ0v) is 23.9. The fraction of sp³-hybridized carbons (Fsp3) is 0. The third-order valence-electron chi connectivity index (χ3n) is 9.43. The molecule has 0 bridgehead atoms. The minimum atomic E-state index is 1.17. The zero-order valence-electron chi connectivity index (χ0n) is 23.9. The molecule has 2 heteroatoms. The normalized spacial score (nSPS) is 12.1. The molecule has 2 nitrogen and oxygen atoms in total. The number of para-hydroxylation sites is 4. The molecule has 204 valence electrons. The Morgan fingerprint density at radius 2 is 0.545 bits per heavy atom. The summed E-state index contributed by atoms with van der Waals surface area (Å²) in [4.78, 5) is 0. The Labute approximate surface area is 253 Å². The van der Waals surface area contributed by atoms with Crippen molar-refractivity contribution < 1.29 is 0 Å². The third kappa shape index (κ3) is 2.99. The molecular formula is C42H26N2. The largest absolute Gasteiger partial charge is 0.309 e. The second-order valence-electron chi connectivity index (χ2n) is 11.7. The summed E-state index contributed by atoms with van der Waals surface area (Å²) in [7, 11) is 0. The molecule has 0 saturated carbocycles. The van der Waals surface area contributed by atoms with E-state index in [0.717, 1.165) is 0 Å². The molecule has 0 aliphatic carbocycles. The highest BCUT2D eigenvalue weighted by molar-refractivity contribution is 6.44. The summed E-state index contributed by atoms with van der Waals surface area (Å²) in [5.41, 5.74) is 7.30. The number of fused-ring (bicyclic) bond motifs is 15. The van der Waals surface area contributed by atoms with Gasteiger partial charge in [-0.1, -0.05) is 121 Å². The van der Waals surface area contributed by atoms with Gasteiger partial charge in [0.05, 0.1) is 22.1 Å². The first kappa shape index (κ1) is 23.7. The van der Waals surface area contributed by atoms with Gasteiger partial charge in [0.2, 0.25) is 0 Å². The number of hydrogen-bond donors (Lipinski definition) is 0. The molecule has 10 aromatic rings. The van der Waals surface area contributed by atoms with Gasteiger partial charge in [0.1, 0.15) is 0 Å². The average Bonchev–Trinajstić information content (AvgIpc) is 3.63. The summed E-state index contributed by atoms with van der Waals surface area (Å²) in [5.74, 6) is 0. The van der Waals surface area contributed by atoms with Crippen LogP contribution in [0.25, 0.3) is 87.3 Å². The van der Waals surface area contributed by atoms with E-state index in [1.807, 2.05) is 0 Å². The third-order valence-corrected chi connectivity index (χ3v) is 9.43. The van der Waals surface area contributed by atoms with Crippen LogP contribution >= 0.6 is 0 Å². The highest BCUT2D eigenvalue weighted by Gasteiger charge is 2.25. The van der Waals surface area contributed by atoms with Crippen LogP contribution in [-0.4, -0.2) is 9.13 Å². The molecule has 0 saturated heterocycles. The first-order valence-electron chi connectivity index (χ1n) is 15.2. The molecule has 2 aromatic heterocycles. The predicted molar refractivity (Wildman–Crippen MR) is 188 cm³/mol. The zero-order chi connectivity index (χ0) is 28.8. The van der Waals surface area contributed by atoms with Gasteiger partial charge in [0.25, 0.3) is 0 Å². The van der Waals surface area contributed by atoms with Crippen molar-refractivity contribution in [3.63, 3.8) is 0 Å². The van der Waals surface area contributed by atoms with Crippen molar-refractivity contribution in [2.75, 3.05) is 0 Å². The first-order chi connectivity index (χ1) is 21.9. The smallest absolute Gasteiger partial charge is 0.0633 e. The van der Waals surface area contributed by atoms with Crippen molar-refractivity contribution in [2.24, 2.45) is 0 Å². The van der Waals surface area contributed by atoms with E-state index in [0.29, 0.717) is 0 Å². The molecule has 0 N–H and O–H groups in total. The molecule has 8 aromatic carbocycles. The van der Waals surface area contributed by atoms with Crippen molar-refractivity contribution in [2.45, 2.75) is 0 Å². The lowest BCUT2D eigenvalue weighted by Crippen LogP contribution is -1.97. The van der Waals surface area contributed by atoms with Crippen molar-refractivity contribution >= 4 is 75.9 Å². The summed E-state index contributed by atoms with van der Waals surface area (Å²) < 4.78 is 4.99. The van der Waals surface area contributed by atoms with Crippen LogP contribution in [0, 0.1) is 0 Å². The van der Waals surface area contributed by atoms with E-state index < -0.39 is 0 Å². The molecule has 0 aliphatic heterocycles. The molecule has 10 rings (SSSR count). The van der Waals surface area contributed by atoms with E-state index in [9.17, 15) is 0 Å². The summed E-state index contributed by atoms with van der Waals surface area (Å²) in [6, 6.07) is 57.5. The van der Waals surface area contributed by atoms with Crippen molar-refractivity contribution in [1.29, 1.82) is 0 Å². The van der Waals surface area contributed by atoms with Crippen LogP contribution < -0.4 is 0 Å². The molecule has 2 heterocycles. The highest BCUT2D eigenvalue weighted by atomic mass is 15.0. The van der Waals surface area contributed by atoms with Crippen LogP contribution in [0.5, 0.6) is 0 Å². The van der Waals surface area contributed by atoms with Gasteiger partial charge in [-0.3, -0.25) is 0 Å². The lowest BCUT2D eigenvalue weighted by Gasteiger charge is -2.17. The number of benzene rings is 8. The molecule has 0 unspecified atom stereocenters. The van der Waals surface area contributed by atoms with Gasteiger partial charge in [-0.2, -0.15) is 0 Å². The molecular weight excluding hydrogens is 532 g/mol. The Balaban J connectivity index is 1.64. The van der Waals surface area contributed by atoms with Gasteiger partial charge in [-0.25, -0.2) is 0 Å². The van der Waals surface area contributed by atoms with Gasteiger partial charge in [0, 0.05) is 43.7 Å².